The van der Waals surface area contributed by atoms with Crippen molar-refractivity contribution in [3.63, 3.8) is 0 Å². The van der Waals surface area contributed by atoms with Crippen LogP contribution in [0.4, 0.5) is 4.79 Å². The smallest absolute Gasteiger partial charge is 0.410 e. The zero-order valence-corrected chi connectivity index (χ0v) is 16.1. The molecule has 0 N–H and O–H groups in total. The van der Waals surface area contributed by atoms with E-state index >= 15 is 0 Å². The Balaban J connectivity index is 1.79. The lowest BCUT2D eigenvalue weighted by atomic mass is 10.1. The monoisotopic (exact) mass is 368 g/mol. The summed E-state index contributed by atoms with van der Waals surface area (Å²) < 4.78 is 30.4. The van der Waals surface area contributed by atoms with Crippen LogP contribution in [-0.2, 0) is 21.0 Å². The molecule has 1 aliphatic heterocycles. The summed E-state index contributed by atoms with van der Waals surface area (Å²) in [5.41, 5.74) is 0.567. The van der Waals surface area contributed by atoms with Crippen LogP contribution >= 0.6 is 0 Å². The van der Waals surface area contributed by atoms with Gasteiger partial charge in [0.05, 0.1) is 11.0 Å². The molecule has 0 aromatic carbocycles. The molecule has 0 radical (unpaired) electrons. The van der Waals surface area contributed by atoms with E-state index in [0.29, 0.717) is 32.4 Å². The van der Waals surface area contributed by atoms with Gasteiger partial charge in [0.1, 0.15) is 5.60 Å². The molecule has 1 aliphatic rings. The van der Waals surface area contributed by atoms with Gasteiger partial charge < -0.3 is 9.64 Å². The Kier molecular flexibility index (Phi) is 6.43. The Bertz CT molecular complexity index is 660. The van der Waals surface area contributed by atoms with E-state index in [4.69, 9.17) is 4.74 Å². The number of aromatic nitrogens is 1. The molecule has 7 heteroatoms. The summed E-state index contributed by atoms with van der Waals surface area (Å²) in [4.78, 5) is 17.6. The van der Waals surface area contributed by atoms with Gasteiger partial charge in [-0.3, -0.25) is 4.98 Å². The van der Waals surface area contributed by atoms with Crippen molar-refractivity contribution in [2.75, 3.05) is 18.8 Å². The highest BCUT2D eigenvalue weighted by atomic mass is 32.2. The SMILES string of the molecule is CC(C)(C)OC(=O)N1CCC(S(=O)(=O)CCCc2ccncc2)CC1. The second-order valence-corrected chi connectivity index (χ2v) is 9.89. The molecule has 6 nitrogen and oxygen atoms in total. The molecule has 1 aromatic rings. The molecule has 0 saturated carbocycles. The predicted molar refractivity (Wildman–Crippen MR) is 97.2 cm³/mol. The van der Waals surface area contributed by atoms with Crippen molar-refractivity contribution in [2.24, 2.45) is 0 Å². The van der Waals surface area contributed by atoms with Crippen LogP contribution in [0.2, 0.25) is 0 Å². The average Bonchev–Trinajstić information content (AvgIpc) is 2.54. The number of carbonyl (C=O) groups excluding carboxylic acids is 1. The number of hydrogen-bond donors (Lipinski definition) is 0. The first kappa shape index (κ1) is 19.7. The fourth-order valence-electron chi connectivity index (χ4n) is 2.92. The molecule has 1 saturated heterocycles. The standard InChI is InChI=1S/C18H28N2O4S/c1-18(2,3)24-17(21)20-12-8-16(9-13-20)25(22,23)14-4-5-15-6-10-19-11-7-15/h6-7,10-11,16H,4-5,8-9,12-14H2,1-3H3. The molecule has 0 unspecified atom stereocenters. The number of amides is 1. The summed E-state index contributed by atoms with van der Waals surface area (Å²) in [7, 11) is -3.13. The molecule has 1 aromatic heterocycles. The molecule has 0 bridgehead atoms. The van der Waals surface area contributed by atoms with Gasteiger partial charge in [0.2, 0.25) is 0 Å². The number of nitrogens with zero attached hydrogens (tertiary/aromatic N) is 2. The third kappa shape index (κ3) is 6.30. The van der Waals surface area contributed by atoms with E-state index in [2.05, 4.69) is 4.98 Å². The van der Waals surface area contributed by atoms with Gasteiger partial charge in [-0.05, 0) is 64.2 Å². The number of pyridine rings is 1. The summed E-state index contributed by atoms with van der Waals surface area (Å²) in [6.07, 6.45) is 5.39. The second-order valence-electron chi connectivity index (χ2n) is 7.49. The average molecular weight is 368 g/mol. The zero-order valence-electron chi connectivity index (χ0n) is 15.3. The zero-order chi connectivity index (χ0) is 18.5. The molecule has 140 valence electrons. The van der Waals surface area contributed by atoms with E-state index in [-0.39, 0.29) is 17.1 Å². The highest BCUT2D eigenvalue weighted by molar-refractivity contribution is 7.92. The number of likely N-dealkylation sites (tertiary alicyclic amines) is 1. The summed E-state index contributed by atoms with van der Waals surface area (Å²) in [6.45, 7) is 6.34. The molecular weight excluding hydrogens is 340 g/mol. The quantitative estimate of drug-likeness (QED) is 0.799. The van der Waals surface area contributed by atoms with Crippen molar-refractivity contribution >= 4 is 15.9 Å². The molecule has 1 amide bonds. The van der Waals surface area contributed by atoms with Crippen LogP contribution in [0, 0.1) is 0 Å². The molecule has 0 spiro atoms. The maximum absolute atomic E-state index is 12.5. The number of aryl methyl sites for hydroxylation is 1. The molecular formula is C18H28N2O4S. The van der Waals surface area contributed by atoms with Crippen LogP contribution in [0.15, 0.2) is 24.5 Å². The number of ether oxygens (including phenoxy) is 1. The maximum Gasteiger partial charge on any atom is 0.410 e. The number of hydrogen-bond acceptors (Lipinski definition) is 5. The lowest BCUT2D eigenvalue weighted by Crippen LogP contribution is -2.45. The summed E-state index contributed by atoms with van der Waals surface area (Å²) in [5, 5.41) is -0.358. The lowest BCUT2D eigenvalue weighted by molar-refractivity contribution is 0.0217. The molecule has 0 aliphatic carbocycles. The molecule has 2 rings (SSSR count). The highest BCUT2D eigenvalue weighted by Gasteiger charge is 2.32. The van der Waals surface area contributed by atoms with Crippen LogP contribution in [0.1, 0.15) is 45.6 Å². The van der Waals surface area contributed by atoms with Crippen molar-refractivity contribution < 1.29 is 17.9 Å². The number of carbonyl (C=O) groups is 1. The first-order valence-electron chi connectivity index (χ1n) is 8.76. The highest BCUT2D eigenvalue weighted by Crippen LogP contribution is 2.21. The van der Waals surface area contributed by atoms with Gasteiger partial charge in [0.25, 0.3) is 0 Å². The minimum Gasteiger partial charge on any atom is -0.444 e. The number of rotatable bonds is 5. The van der Waals surface area contributed by atoms with Crippen LogP contribution in [0.5, 0.6) is 0 Å². The second kappa shape index (κ2) is 8.17. The van der Waals surface area contributed by atoms with Crippen molar-refractivity contribution in [3.8, 4) is 0 Å². The van der Waals surface area contributed by atoms with Gasteiger partial charge in [-0.25, -0.2) is 13.2 Å². The van der Waals surface area contributed by atoms with Crippen LogP contribution < -0.4 is 0 Å². The van der Waals surface area contributed by atoms with Gasteiger partial charge in [-0.2, -0.15) is 0 Å². The van der Waals surface area contributed by atoms with E-state index in [9.17, 15) is 13.2 Å². The first-order valence-corrected chi connectivity index (χ1v) is 10.5. The molecule has 0 atom stereocenters. The Morgan fingerprint density at radius 1 is 1.24 bits per heavy atom. The van der Waals surface area contributed by atoms with E-state index in [1.165, 1.54) is 0 Å². The fraction of sp³-hybridized carbons (Fsp3) is 0.667. The van der Waals surface area contributed by atoms with Crippen LogP contribution in [-0.4, -0.2) is 54.1 Å². The van der Waals surface area contributed by atoms with E-state index in [0.717, 1.165) is 12.0 Å². The molecule has 2 heterocycles. The summed E-state index contributed by atoms with van der Waals surface area (Å²) in [6, 6.07) is 3.82. The lowest BCUT2D eigenvalue weighted by Gasteiger charge is -2.33. The Morgan fingerprint density at radius 3 is 2.40 bits per heavy atom. The normalized spacial score (nSPS) is 16.7. The van der Waals surface area contributed by atoms with E-state index in [1.54, 1.807) is 17.3 Å². The van der Waals surface area contributed by atoms with Crippen LogP contribution in [0.3, 0.4) is 0 Å². The number of piperidine rings is 1. The molecule has 1 fully saturated rings. The minimum absolute atomic E-state index is 0.187. The van der Waals surface area contributed by atoms with Crippen molar-refractivity contribution in [3.05, 3.63) is 30.1 Å². The van der Waals surface area contributed by atoms with Gasteiger partial charge in [0.15, 0.2) is 9.84 Å². The largest absolute Gasteiger partial charge is 0.444 e. The Morgan fingerprint density at radius 2 is 1.84 bits per heavy atom. The number of sulfone groups is 1. The van der Waals surface area contributed by atoms with Gasteiger partial charge in [-0.15, -0.1) is 0 Å². The predicted octanol–water partition coefficient (Wildman–Crippen LogP) is 2.83. The maximum atomic E-state index is 12.5. The van der Waals surface area contributed by atoms with Gasteiger partial charge >= 0.3 is 6.09 Å². The Labute approximate surface area is 150 Å². The molecule has 25 heavy (non-hydrogen) atoms. The van der Waals surface area contributed by atoms with Crippen LogP contribution in [0.25, 0.3) is 0 Å². The minimum atomic E-state index is -3.13. The van der Waals surface area contributed by atoms with Crippen molar-refractivity contribution in [1.82, 2.24) is 9.88 Å². The fourth-order valence-corrected chi connectivity index (χ4v) is 4.73. The third-order valence-electron chi connectivity index (χ3n) is 4.25. The third-order valence-corrected chi connectivity index (χ3v) is 6.59. The van der Waals surface area contributed by atoms with Gasteiger partial charge in [-0.1, -0.05) is 0 Å². The van der Waals surface area contributed by atoms with Gasteiger partial charge in [0, 0.05) is 25.5 Å². The summed E-state index contributed by atoms with van der Waals surface area (Å²) >= 11 is 0. The van der Waals surface area contributed by atoms with Crippen molar-refractivity contribution in [2.45, 2.75) is 57.3 Å². The van der Waals surface area contributed by atoms with E-state index in [1.807, 2.05) is 32.9 Å². The Hall–Kier alpha value is -1.63. The topological polar surface area (TPSA) is 76.6 Å². The first-order chi connectivity index (χ1) is 11.7. The summed E-state index contributed by atoms with van der Waals surface area (Å²) in [5.74, 6) is 0.187. The van der Waals surface area contributed by atoms with Crippen molar-refractivity contribution in [1.29, 1.82) is 0 Å². The van der Waals surface area contributed by atoms with E-state index < -0.39 is 15.4 Å².